The predicted molar refractivity (Wildman–Crippen MR) is 91.7 cm³/mol. The summed E-state index contributed by atoms with van der Waals surface area (Å²) in [6.45, 7) is 0. The fraction of sp³-hybridized carbons (Fsp3) is 0.176. The molecule has 4 nitrogen and oxygen atoms in total. The van der Waals surface area contributed by atoms with Crippen LogP contribution in [0.1, 0.15) is 6.42 Å². The van der Waals surface area contributed by atoms with Gasteiger partial charge in [0.15, 0.2) is 11.6 Å². The van der Waals surface area contributed by atoms with Crippen molar-refractivity contribution in [1.82, 2.24) is 0 Å². The minimum atomic E-state index is -1.05. The average Bonchev–Trinajstić information content (AvgIpc) is 3.35. The van der Waals surface area contributed by atoms with Crippen molar-refractivity contribution in [1.29, 1.82) is 0 Å². The number of hydrogen-bond donors (Lipinski definition) is 2. The summed E-state index contributed by atoms with van der Waals surface area (Å²) in [6, 6.07) is 7.74. The lowest BCUT2D eigenvalue weighted by atomic mass is 10.2. The number of halogens is 4. The summed E-state index contributed by atoms with van der Waals surface area (Å²) in [7, 11) is 0. The standard InChI is InChI=1S/C17H12Cl2F2N2O2/c18-12-3-1-8(5-13(12)19)22-16(24)10-7-11(10)17(25)23-9-2-4-14(20)15(21)6-9/h1-6,10-11H,7H2,(H,22,24)(H,23,25). The molecular formula is C17H12Cl2F2N2O2. The molecule has 0 heterocycles. The maximum Gasteiger partial charge on any atom is 0.228 e. The molecule has 2 N–H and O–H groups in total. The molecule has 1 aliphatic carbocycles. The predicted octanol–water partition coefficient (Wildman–Crippen LogP) is 4.48. The Morgan fingerprint density at radius 2 is 1.40 bits per heavy atom. The van der Waals surface area contributed by atoms with Crippen LogP contribution in [-0.4, -0.2) is 11.8 Å². The average molecular weight is 385 g/mol. The smallest absolute Gasteiger partial charge is 0.228 e. The van der Waals surface area contributed by atoms with E-state index in [4.69, 9.17) is 23.2 Å². The Morgan fingerprint density at radius 3 is 1.96 bits per heavy atom. The molecule has 0 spiro atoms. The van der Waals surface area contributed by atoms with Gasteiger partial charge in [-0.25, -0.2) is 8.78 Å². The quantitative estimate of drug-likeness (QED) is 0.815. The van der Waals surface area contributed by atoms with E-state index >= 15 is 0 Å². The molecule has 2 aromatic carbocycles. The van der Waals surface area contributed by atoms with Crippen molar-refractivity contribution in [2.45, 2.75) is 6.42 Å². The van der Waals surface area contributed by atoms with E-state index in [9.17, 15) is 18.4 Å². The molecule has 0 saturated heterocycles. The van der Waals surface area contributed by atoms with Gasteiger partial charge in [-0.3, -0.25) is 9.59 Å². The van der Waals surface area contributed by atoms with E-state index in [1.165, 1.54) is 12.1 Å². The molecular weight excluding hydrogens is 373 g/mol. The van der Waals surface area contributed by atoms with Crippen LogP contribution in [0.5, 0.6) is 0 Å². The molecule has 1 aliphatic rings. The lowest BCUT2D eigenvalue weighted by Crippen LogP contribution is -2.20. The normalized spacial score (nSPS) is 18.6. The number of benzene rings is 2. The molecule has 0 aromatic heterocycles. The number of carbonyl (C=O) groups is 2. The van der Waals surface area contributed by atoms with Crippen molar-refractivity contribution >= 4 is 46.4 Å². The zero-order valence-corrected chi connectivity index (χ0v) is 14.2. The van der Waals surface area contributed by atoms with Gasteiger partial charge in [0.2, 0.25) is 11.8 Å². The first-order chi connectivity index (χ1) is 11.8. The Labute approximate surface area is 152 Å². The van der Waals surface area contributed by atoms with Crippen molar-refractivity contribution in [2.24, 2.45) is 11.8 Å². The highest BCUT2D eigenvalue weighted by Crippen LogP contribution is 2.40. The van der Waals surface area contributed by atoms with Gasteiger partial charge in [-0.2, -0.15) is 0 Å². The summed E-state index contributed by atoms with van der Waals surface area (Å²) in [4.78, 5) is 24.3. The molecule has 2 aromatic rings. The molecule has 8 heteroatoms. The van der Waals surface area contributed by atoms with E-state index < -0.39 is 29.4 Å². The lowest BCUT2D eigenvalue weighted by Gasteiger charge is -2.07. The molecule has 3 rings (SSSR count). The van der Waals surface area contributed by atoms with Crippen LogP contribution in [-0.2, 0) is 9.59 Å². The van der Waals surface area contributed by atoms with E-state index in [0.29, 0.717) is 22.2 Å². The van der Waals surface area contributed by atoms with E-state index in [1.807, 2.05) is 0 Å². The van der Waals surface area contributed by atoms with Crippen molar-refractivity contribution in [2.75, 3.05) is 10.6 Å². The van der Waals surface area contributed by atoms with Gasteiger partial charge in [0.1, 0.15) is 0 Å². The van der Waals surface area contributed by atoms with Crippen LogP contribution >= 0.6 is 23.2 Å². The summed E-state index contributed by atoms with van der Waals surface area (Å²) >= 11 is 11.7. The highest BCUT2D eigenvalue weighted by Gasteiger charge is 2.48. The summed E-state index contributed by atoms with van der Waals surface area (Å²) in [5.74, 6) is -3.79. The maximum atomic E-state index is 13.1. The third-order valence-corrected chi connectivity index (χ3v) is 4.58. The van der Waals surface area contributed by atoms with Gasteiger partial charge in [-0.15, -0.1) is 0 Å². The second kappa shape index (κ2) is 6.98. The Morgan fingerprint density at radius 1 is 0.840 bits per heavy atom. The molecule has 0 radical (unpaired) electrons. The van der Waals surface area contributed by atoms with Crippen LogP contribution in [0.15, 0.2) is 36.4 Å². The van der Waals surface area contributed by atoms with Gasteiger partial charge in [0, 0.05) is 17.4 Å². The lowest BCUT2D eigenvalue weighted by molar-refractivity contribution is -0.122. The topological polar surface area (TPSA) is 58.2 Å². The highest BCUT2D eigenvalue weighted by molar-refractivity contribution is 6.42. The van der Waals surface area contributed by atoms with Crippen LogP contribution in [0.4, 0.5) is 20.2 Å². The summed E-state index contributed by atoms with van der Waals surface area (Å²) in [6.07, 6.45) is 0.378. The Bertz CT molecular complexity index is 791. The summed E-state index contributed by atoms with van der Waals surface area (Å²) in [5.41, 5.74) is 0.616. The number of nitrogens with one attached hydrogen (secondary N) is 2. The fourth-order valence-corrected chi connectivity index (χ4v) is 2.69. The van der Waals surface area contributed by atoms with Crippen molar-refractivity contribution < 1.29 is 18.4 Å². The number of anilines is 2. The first-order valence-corrected chi connectivity index (χ1v) is 8.12. The monoisotopic (exact) mass is 384 g/mol. The van der Waals surface area contributed by atoms with Crippen LogP contribution < -0.4 is 10.6 Å². The minimum absolute atomic E-state index is 0.138. The zero-order valence-electron chi connectivity index (χ0n) is 12.7. The summed E-state index contributed by atoms with van der Waals surface area (Å²) < 4.78 is 26.0. The molecule has 130 valence electrons. The number of carbonyl (C=O) groups excluding carboxylic acids is 2. The Hall–Kier alpha value is -2.18. The van der Waals surface area contributed by atoms with Crippen LogP contribution in [0, 0.1) is 23.5 Å². The largest absolute Gasteiger partial charge is 0.326 e. The third kappa shape index (κ3) is 4.08. The van der Waals surface area contributed by atoms with Gasteiger partial charge >= 0.3 is 0 Å². The maximum absolute atomic E-state index is 13.1. The van der Waals surface area contributed by atoms with Gasteiger partial charge < -0.3 is 10.6 Å². The zero-order chi connectivity index (χ0) is 18.1. The van der Waals surface area contributed by atoms with E-state index in [0.717, 1.165) is 12.1 Å². The van der Waals surface area contributed by atoms with Crippen molar-refractivity contribution in [3.05, 3.63) is 58.1 Å². The van der Waals surface area contributed by atoms with Gasteiger partial charge in [-0.05, 0) is 36.8 Å². The first-order valence-electron chi connectivity index (χ1n) is 7.37. The molecule has 0 aliphatic heterocycles. The number of rotatable bonds is 4. The second-order valence-corrected chi connectivity index (χ2v) is 6.50. The molecule has 1 fully saturated rings. The van der Waals surface area contributed by atoms with Crippen molar-refractivity contribution in [3.8, 4) is 0 Å². The van der Waals surface area contributed by atoms with Gasteiger partial charge in [0.05, 0.1) is 21.9 Å². The molecule has 2 atom stereocenters. The van der Waals surface area contributed by atoms with E-state index in [-0.39, 0.29) is 11.6 Å². The van der Waals surface area contributed by atoms with Gasteiger partial charge in [-0.1, -0.05) is 23.2 Å². The minimum Gasteiger partial charge on any atom is -0.326 e. The number of amides is 2. The highest BCUT2D eigenvalue weighted by atomic mass is 35.5. The molecule has 2 unspecified atom stereocenters. The van der Waals surface area contributed by atoms with Crippen LogP contribution in [0.25, 0.3) is 0 Å². The number of hydrogen-bond acceptors (Lipinski definition) is 2. The summed E-state index contributed by atoms with van der Waals surface area (Å²) in [5, 5.41) is 5.82. The fourth-order valence-electron chi connectivity index (χ4n) is 2.39. The molecule has 1 saturated carbocycles. The molecule has 2 amide bonds. The Balaban J connectivity index is 1.57. The van der Waals surface area contributed by atoms with Gasteiger partial charge in [0.25, 0.3) is 0 Å². The van der Waals surface area contributed by atoms with Crippen molar-refractivity contribution in [3.63, 3.8) is 0 Å². The SMILES string of the molecule is O=C(Nc1ccc(F)c(F)c1)C1CC1C(=O)Nc1ccc(Cl)c(Cl)c1. The molecule has 25 heavy (non-hydrogen) atoms. The second-order valence-electron chi connectivity index (χ2n) is 5.68. The molecule has 0 bridgehead atoms. The first kappa shape index (κ1) is 17.6. The van der Waals surface area contributed by atoms with E-state index in [2.05, 4.69) is 10.6 Å². The van der Waals surface area contributed by atoms with E-state index in [1.54, 1.807) is 12.1 Å². The third-order valence-electron chi connectivity index (χ3n) is 3.84. The van der Waals surface area contributed by atoms with Crippen LogP contribution in [0.2, 0.25) is 10.0 Å². The Kier molecular flexibility index (Phi) is 4.92. The van der Waals surface area contributed by atoms with Crippen LogP contribution in [0.3, 0.4) is 0 Å².